The minimum atomic E-state index is -0.163. The summed E-state index contributed by atoms with van der Waals surface area (Å²) in [5.74, 6) is 0.725. The van der Waals surface area contributed by atoms with Crippen molar-refractivity contribution >= 4 is 17.6 Å². The Morgan fingerprint density at radius 1 is 1.00 bits per heavy atom. The molecule has 3 rings (SSSR count). The van der Waals surface area contributed by atoms with Crippen LogP contribution in [-0.2, 0) is 4.79 Å². The summed E-state index contributed by atoms with van der Waals surface area (Å²) < 4.78 is 0. The van der Waals surface area contributed by atoms with Crippen LogP contribution >= 0.6 is 0 Å². The number of nitrogens with zero attached hydrogens (tertiary/aromatic N) is 1. The normalized spacial score (nSPS) is 24.2. The largest absolute Gasteiger partial charge is 0.352 e. The van der Waals surface area contributed by atoms with E-state index in [1.54, 1.807) is 0 Å². The predicted molar refractivity (Wildman–Crippen MR) is 108 cm³/mol. The molecule has 0 aromatic heterocycles. The molecule has 6 nitrogen and oxygen atoms in total. The van der Waals surface area contributed by atoms with Gasteiger partial charge in [-0.25, -0.2) is 4.79 Å². The number of hydrogen-bond donors (Lipinski definition) is 3. The van der Waals surface area contributed by atoms with Crippen LogP contribution in [0.2, 0.25) is 0 Å². The van der Waals surface area contributed by atoms with Gasteiger partial charge < -0.3 is 16.0 Å². The molecule has 27 heavy (non-hydrogen) atoms. The molecule has 1 aliphatic heterocycles. The molecule has 3 N–H and O–H groups in total. The third kappa shape index (κ3) is 6.24. The van der Waals surface area contributed by atoms with Crippen LogP contribution in [0.15, 0.2) is 30.3 Å². The molecule has 0 radical (unpaired) electrons. The number of nitrogens with one attached hydrogen (secondary N) is 3. The highest BCUT2D eigenvalue weighted by Crippen LogP contribution is 2.23. The molecular weight excluding hydrogens is 340 g/mol. The van der Waals surface area contributed by atoms with Crippen LogP contribution in [0.1, 0.15) is 45.4 Å². The van der Waals surface area contributed by atoms with Crippen LogP contribution in [0.5, 0.6) is 0 Å². The number of likely N-dealkylation sites (tertiary alicyclic amines) is 1. The highest BCUT2D eigenvalue weighted by molar-refractivity contribution is 5.89. The van der Waals surface area contributed by atoms with Gasteiger partial charge in [-0.2, -0.15) is 0 Å². The van der Waals surface area contributed by atoms with Crippen molar-refractivity contribution in [1.82, 2.24) is 15.5 Å². The average molecular weight is 373 g/mol. The molecule has 2 atom stereocenters. The summed E-state index contributed by atoms with van der Waals surface area (Å²) in [6.45, 7) is 4.38. The maximum absolute atomic E-state index is 12.4. The second-order valence-electron chi connectivity index (χ2n) is 7.95. The number of amides is 3. The Hall–Kier alpha value is -2.08. The molecule has 1 saturated heterocycles. The van der Waals surface area contributed by atoms with Crippen molar-refractivity contribution in [1.29, 1.82) is 0 Å². The molecule has 2 fully saturated rings. The predicted octanol–water partition coefficient (Wildman–Crippen LogP) is 2.97. The summed E-state index contributed by atoms with van der Waals surface area (Å²) in [5, 5.41) is 9.12. The Labute approximate surface area is 162 Å². The summed E-state index contributed by atoms with van der Waals surface area (Å²) >= 11 is 0. The fraction of sp³-hybridized carbons (Fsp3) is 0.619. The van der Waals surface area contributed by atoms with Gasteiger partial charge in [-0.1, -0.05) is 38.0 Å². The zero-order valence-corrected chi connectivity index (χ0v) is 16.2. The van der Waals surface area contributed by atoms with Crippen molar-refractivity contribution in [2.24, 2.45) is 5.92 Å². The number of carbonyl (C=O) groups excluding carboxylic acids is 2. The number of carbonyl (C=O) groups is 2. The van der Waals surface area contributed by atoms with Gasteiger partial charge in [0.1, 0.15) is 0 Å². The quantitative estimate of drug-likeness (QED) is 0.744. The minimum absolute atomic E-state index is 0.141. The lowest BCUT2D eigenvalue weighted by molar-refractivity contribution is -0.123. The summed E-state index contributed by atoms with van der Waals surface area (Å²) in [6.07, 6.45) is 6.57. The Morgan fingerprint density at radius 3 is 2.41 bits per heavy atom. The number of hydrogen-bond acceptors (Lipinski definition) is 3. The topological polar surface area (TPSA) is 73.5 Å². The number of anilines is 1. The molecule has 2 aliphatic rings. The lowest BCUT2D eigenvalue weighted by Gasteiger charge is -2.33. The summed E-state index contributed by atoms with van der Waals surface area (Å²) in [7, 11) is 0. The number of benzene rings is 1. The van der Waals surface area contributed by atoms with E-state index in [0.717, 1.165) is 38.0 Å². The second kappa shape index (κ2) is 9.74. The lowest BCUT2D eigenvalue weighted by atomic mass is 9.86. The fourth-order valence-corrected chi connectivity index (χ4v) is 4.10. The van der Waals surface area contributed by atoms with E-state index in [1.165, 1.54) is 19.3 Å². The Balaban J connectivity index is 1.34. The van der Waals surface area contributed by atoms with Crippen molar-refractivity contribution in [2.45, 2.75) is 57.5 Å². The molecule has 0 bridgehead atoms. The molecule has 1 saturated carbocycles. The van der Waals surface area contributed by atoms with E-state index in [-0.39, 0.29) is 18.0 Å². The van der Waals surface area contributed by atoms with Gasteiger partial charge in [-0.15, -0.1) is 0 Å². The zero-order chi connectivity index (χ0) is 19.1. The molecule has 0 spiro atoms. The van der Waals surface area contributed by atoms with Gasteiger partial charge in [0.15, 0.2) is 0 Å². The van der Waals surface area contributed by atoms with Gasteiger partial charge in [0.2, 0.25) is 5.91 Å². The van der Waals surface area contributed by atoms with Crippen molar-refractivity contribution in [3.8, 4) is 0 Å². The molecule has 1 aromatic carbocycles. The SMILES string of the molecule is C[C@H]1CCCC[C@@H]1NC(=O)CN1CCC(NC(=O)Nc2ccccc2)CC1. The summed E-state index contributed by atoms with van der Waals surface area (Å²) in [4.78, 5) is 26.6. The maximum atomic E-state index is 12.4. The van der Waals surface area contributed by atoms with Gasteiger partial charge in [-0.3, -0.25) is 9.69 Å². The number of piperidine rings is 1. The number of rotatable bonds is 5. The van der Waals surface area contributed by atoms with E-state index in [2.05, 4.69) is 27.8 Å². The third-order valence-corrected chi connectivity index (χ3v) is 5.78. The molecule has 1 heterocycles. The highest BCUT2D eigenvalue weighted by atomic mass is 16.2. The first-order chi connectivity index (χ1) is 13.1. The van der Waals surface area contributed by atoms with E-state index in [4.69, 9.17) is 0 Å². The number of para-hydroxylation sites is 1. The van der Waals surface area contributed by atoms with Crippen LogP contribution in [0, 0.1) is 5.92 Å². The molecule has 1 aromatic rings. The van der Waals surface area contributed by atoms with E-state index in [9.17, 15) is 9.59 Å². The van der Waals surface area contributed by atoms with Gasteiger partial charge in [-0.05, 0) is 43.7 Å². The van der Waals surface area contributed by atoms with E-state index < -0.39 is 0 Å². The highest BCUT2D eigenvalue weighted by Gasteiger charge is 2.25. The Bertz CT molecular complexity index is 614. The van der Waals surface area contributed by atoms with Gasteiger partial charge in [0, 0.05) is 30.9 Å². The van der Waals surface area contributed by atoms with Crippen molar-refractivity contribution in [3.05, 3.63) is 30.3 Å². The van der Waals surface area contributed by atoms with E-state index >= 15 is 0 Å². The van der Waals surface area contributed by atoms with Gasteiger partial charge in [0.05, 0.1) is 6.54 Å². The minimum Gasteiger partial charge on any atom is -0.352 e. The van der Waals surface area contributed by atoms with Crippen LogP contribution in [0.4, 0.5) is 10.5 Å². The average Bonchev–Trinajstić information content (AvgIpc) is 2.66. The van der Waals surface area contributed by atoms with Crippen LogP contribution in [0.25, 0.3) is 0 Å². The zero-order valence-electron chi connectivity index (χ0n) is 16.2. The lowest BCUT2D eigenvalue weighted by Crippen LogP contribution is -2.50. The molecule has 148 valence electrons. The first-order valence-corrected chi connectivity index (χ1v) is 10.2. The third-order valence-electron chi connectivity index (χ3n) is 5.78. The second-order valence-corrected chi connectivity index (χ2v) is 7.95. The van der Waals surface area contributed by atoms with E-state index in [1.807, 2.05) is 30.3 Å². The van der Waals surface area contributed by atoms with Crippen LogP contribution in [-0.4, -0.2) is 48.6 Å². The van der Waals surface area contributed by atoms with Gasteiger partial charge in [0.25, 0.3) is 0 Å². The molecule has 6 heteroatoms. The molecule has 0 unspecified atom stereocenters. The fourth-order valence-electron chi connectivity index (χ4n) is 4.10. The Morgan fingerprint density at radius 2 is 1.70 bits per heavy atom. The van der Waals surface area contributed by atoms with Gasteiger partial charge >= 0.3 is 6.03 Å². The first kappa shape index (κ1) is 19.7. The molecular formula is C21H32N4O2. The number of urea groups is 1. The van der Waals surface area contributed by atoms with Crippen LogP contribution < -0.4 is 16.0 Å². The summed E-state index contributed by atoms with van der Waals surface area (Å²) in [6, 6.07) is 9.79. The standard InChI is InChI=1S/C21H32N4O2/c1-16-7-5-6-10-19(16)24-20(26)15-25-13-11-18(12-14-25)23-21(27)22-17-8-3-2-4-9-17/h2-4,8-9,16,18-19H,5-7,10-15H2,1H3,(H,24,26)(H2,22,23,27)/t16-,19-/m0/s1. The molecule has 3 amide bonds. The smallest absolute Gasteiger partial charge is 0.319 e. The first-order valence-electron chi connectivity index (χ1n) is 10.2. The van der Waals surface area contributed by atoms with Crippen LogP contribution in [0.3, 0.4) is 0 Å². The van der Waals surface area contributed by atoms with Crippen molar-refractivity contribution < 1.29 is 9.59 Å². The monoisotopic (exact) mass is 372 g/mol. The Kier molecular flexibility index (Phi) is 7.10. The maximum Gasteiger partial charge on any atom is 0.319 e. The summed E-state index contributed by atoms with van der Waals surface area (Å²) in [5.41, 5.74) is 0.793. The van der Waals surface area contributed by atoms with E-state index in [0.29, 0.717) is 18.5 Å². The molecule has 1 aliphatic carbocycles. The van der Waals surface area contributed by atoms with Crippen molar-refractivity contribution in [3.63, 3.8) is 0 Å². The van der Waals surface area contributed by atoms with Crippen molar-refractivity contribution in [2.75, 3.05) is 25.0 Å².